The van der Waals surface area contributed by atoms with Crippen LogP contribution in [0.15, 0.2) is 0 Å². The predicted octanol–water partition coefficient (Wildman–Crippen LogP) is 7.10. The summed E-state index contributed by atoms with van der Waals surface area (Å²) in [5.74, 6) is -2.42. The van der Waals surface area contributed by atoms with Gasteiger partial charge in [0.05, 0.1) is 12.0 Å². The molecule has 2 nitrogen and oxygen atoms in total. The van der Waals surface area contributed by atoms with E-state index in [2.05, 4.69) is 0 Å². The van der Waals surface area contributed by atoms with Gasteiger partial charge in [0.25, 0.3) is 0 Å². The molecule has 0 heterocycles. The van der Waals surface area contributed by atoms with Crippen LogP contribution in [0.1, 0.15) is 90.9 Å². The second-order valence-corrected chi connectivity index (χ2v) is 10.6. The highest BCUT2D eigenvalue weighted by Crippen LogP contribution is 2.44. The van der Waals surface area contributed by atoms with Crippen LogP contribution in [0, 0.1) is 29.6 Å². The minimum atomic E-state index is -2.58. The van der Waals surface area contributed by atoms with Gasteiger partial charge < -0.3 is 4.74 Å². The molecule has 0 spiro atoms. The molecule has 4 unspecified atom stereocenters. The maximum absolute atomic E-state index is 14.7. The smallest absolute Gasteiger partial charge is 0.245 e. The fourth-order valence-electron chi connectivity index (χ4n) is 6.38. The average Bonchev–Trinajstić information content (AvgIpc) is 2.74. The van der Waals surface area contributed by atoms with Gasteiger partial charge in [0.15, 0.2) is 6.17 Å². The Balaban J connectivity index is 1.43. The molecule has 3 rings (SSSR count). The standard InChI is InChI=1S/C25H40F4O2/c1-3-14-31-21-13-12-20(22(26)23(21)27)24(30)19-10-8-18(9-11-19)17-6-4-16(5-7-17)15-25(2,28)29/h16-23H,3-15H2,1-2H3. The second-order valence-electron chi connectivity index (χ2n) is 10.6. The monoisotopic (exact) mass is 448 g/mol. The third-order valence-corrected chi connectivity index (χ3v) is 8.09. The Morgan fingerprint density at radius 3 is 2.00 bits per heavy atom. The van der Waals surface area contributed by atoms with Crippen LogP contribution in [0.5, 0.6) is 0 Å². The van der Waals surface area contributed by atoms with Crippen LogP contribution in [0.4, 0.5) is 17.6 Å². The number of alkyl halides is 4. The third-order valence-electron chi connectivity index (χ3n) is 8.09. The molecular formula is C25H40F4O2. The van der Waals surface area contributed by atoms with E-state index in [-0.39, 0.29) is 24.0 Å². The molecular weight excluding hydrogens is 408 g/mol. The van der Waals surface area contributed by atoms with Crippen molar-refractivity contribution in [3.8, 4) is 0 Å². The number of hydrogen-bond acceptors (Lipinski definition) is 2. The summed E-state index contributed by atoms with van der Waals surface area (Å²) in [6.07, 6.45) is 4.50. The quantitative estimate of drug-likeness (QED) is 0.370. The van der Waals surface area contributed by atoms with E-state index in [1.54, 1.807) is 0 Å². The number of halogens is 4. The van der Waals surface area contributed by atoms with E-state index in [0.717, 1.165) is 64.7 Å². The number of ketones is 1. The second kappa shape index (κ2) is 11.0. The van der Waals surface area contributed by atoms with E-state index >= 15 is 0 Å². The van der Waals surface area contributed by atoms with Crippen LogP contribution < -0.4 is 0 Å². The highest BCUT2D eigenvalue weighted by molar-refractivity contribution is 5.84. The average molecular weight is 449 g/mol. The Labute approximate surface area is 184 Å². The van der Waals surface area contributed by atoms with Crippen molar-refractivity contribution in [1.29, 1.82) is 0 Å². The number of ether oxygens (including phenoxy) is 1. The maximum atomic E-state index is 14.7. The number of hydrogen-bond donors (Lipinski definition) is 0. The van der Waals surface area contributed by atoms with Gasteiger partial charge in [-0.15, -0.1) is 0 Å². The van der Waals surface area contributed by atoms with Crippen molar-refractivity contribution in [2.24, 2.45) is 29.6 Å². The SMILES string of the molecule is CCCOC1CCC(C(=O)C2CCC(C3CCC(CC(C)(F)F)CC3)CC2)C(F)C1F. The lowest BCUT2D eigenvalue weighted by Crippen LogP contribution is -2.47. The first-order valence-corrected chi connectivity index (χ1v) is 12.5. The lowest BCUT2D eigenvalue weighted by Gasteiger charge is -2.40. The van der Waals surface area contributed by atoms with E-state index in [1.165, 1.54) is 0 Å². The zero-order valence-electron chi connectivity index (χ0n) is 19.1. The molecule has 0 saturated heterocycles. The number of carbonyl (C=O) groups is 1. The Morgan fingerprint density at radius 1 is 0.871 bits per heavy atom. The Kier molecular flexibility index (Phi) is 8.85. The highest BCUT2D eigenvalue weighted by Gasteiger charge is 2.46. The van der Waals surface area contributed by atoms with Crippen molar-refractivity contribution in [3.05, 3.63) is 0 Å². The molecule has 3 aliphatic carbocycles. The van der Waals surface area contributed by atoms with Gasteiger partial charge in [-0.25, -0.2) is 17.6 Å². The van der Waals surface area contributed by atoms with Crippen LogP contribution in [0.3, 0.4) is 0 Å². The third kappa shape index (κ3) is 6.68. The zero-order valence-corrected chi connectivity index (χ0v) is 19.1. The fourth-order valence-corrected chi connectivity index (χ4v) is 6.38. The molecule has 6 heteroatoms. The summed E-state index contributed by atoms with van der Waals surface area (Å²) in [6, 6.07) is 0. The van der Waals surface area contributed by atoms with Gasteiger partial charge in [-0.3, -0.25) is 4.79 Å². The molecule has 180 valence electrons. The maximum Gasteiger partial charge on any atom is 0.245 e. The molecule has 0 aromatic carbocycles. The number of carbonyl (C=O) groups excluding carboxylic acids is 1. The lowest BCUT2D eigenvalue weighted by molar-refractivity contribution is -0.138. The fraction of sp³-hybridized carbons (Fsp3) is 0.960. The lowest BCUT2D eigenvalue weighted by atomic mass is 9.66. The summed E-state index contributed by atoms with van der Waals surface area (Å²) in [5.41, 5.74) is 0. The first-order valence-electron chi connectivity index (χ1n) is 12.5. The normalized spacial score (nSPS) is 39.9. The largest absolute Gasteiger partial charge is 0.375 e. The van der Waals surface area contributed by atoms with Crippen molar-refractivity contribution in [2.75, 3.05) is 6.61 Å². The van der Waals surface area contributed by atoms with Crippen molar-refractivity contribution in [1.82, 2.24) is 0 Å². The van der Waals surface area contributed by atoms with Crippen LogP contribution >= 0.6 is 0 Å². The van der Waals surface area contributed by atoms with Gasteiger partial charge >= 0.3 is 0 Å². The van der Waals surface area contributed by atoms with E-state index in [0.29, 0.717) is 31.3 Å². The van der Waals surface area contributed by atoms with Crippen molar-refractivity contribution in [3.63, 3.8) is 0 Å². The summed E-state index contributed by atoms with van der Waals surface area (Å²) < 4.78 is 61.2. The van der Waals surface area contributed by atoms with Crippen LogP contribution in [0.25, 0.3) is 0 Å². The molecule has 0 amide bonds. The van der Waals surface area contributed by atoms with Crippen molar-refractivity contribution < 1.29 is 27.1 Å². The summed E-state index contributed by atoms with van der Waals surface area (Å²) in [7, 11) is 0. The molecule has 31 heavy (non-hydrogen) atoms. The van der Waals surface area contributed by atoms with Gasteiger partial charge in [0.1, 0.15) is 12.0 Å². The molecule has 4 atom stereocenters. The van der Waals surface area contributed by atoms with Gasteiger partial charge in [-0.2, -0.15) is 0 Å². The van der Waals surface area contributed by atoms with Crippen LogP contribution in [-0.4, -0.2) is 36.8 Å². The first kappa shape index (κ1) is 25.0. The first-order chi connectivity index (χ1) is 14.7. The van der Waals surface area contributed by atoms with E-state index < -0.39 is 30.3 Å². The summed E-state index contributed by atoms with van der Waals surface area (Å²) in [4.78, 5) is 13.0. The molecule has 0 radical (unpaired) electrons. The Hall–Kier alpha value is -0.650. The van der Waals surface area contributed by atoms with Gasteiger partial charge in [0.2, 0.25) is 5.92 Å². The van der Waals surface area contributed by atoms with Crippen LogP contribution in [-0.2, 0) is 9.53 Å². The molecule has 0 aliphatic heterocycles. The zero-order chi connectivity index (χ0) is 22.6. The molecule has 0 N–H and O–H groups in total. The molecule has 0 bridgehead atoms. The summed E-state index contributed by atoms with van der Waals surface area (Å²) >= 11 is 0. The number of Topliss-reactive ketones (excluding diaryl/α,β-unsaturated/α-hetero) is 1. The Morgan fingerprint density at radius 2 is 1.45 bits per heavy atom. The molecule has 0 aromatic heterocycles. The van der Waals surface area contributed by atoms with E-state index in [9.17, 15) is 22.4 Å². The van der Waals surface area contributed by atoms with Crippen molar-refractivity contribution >= 4 is 5.78 Å². The van der Waals surface area contributed by atoms with E-state index in [4.69, 9.17) is 4.74 Å². The summed E-state index contributed by atoms with van der Waals surface area (Å²) in [6.45, 7) is 3.36. The molecule has 3 aliphatic rings. The molecule has 3 saturated carbocycles. The van der Waals surface area contributed by atoms with Gasteiger partial charge in [-0.1, -0.05) is 6.92 Å². The van der Waals surface area contributed by atoms with E-state index in [1.807, 2.05) is 6.92 Å². The molecule has 3 fully saturated rings. The van der Waals surface area contributed by atoms with Gasteiger partial charge in [0, 0.05) is 18.9 Å². The Bertz CT molecular complexity index is 562. The predicted molar refractivity (Wildman–Crippen MR) is 114 cm³/mol. The minimum Gasteiger partial charge on any atom is -0.375 e. The topological polar surface area (TPSA) is 26.3 Å². The van der Waals surface area contributed by atoms with Crippen LogP contribution in [0.2, 0.25) is 0 Å². The number of rotatable bonds is 8. The highest BCUT2D eigenvalue weighted by atomic mass is 19.3. The summed E-state index contributed by atoms with van der Waals surface area (Å²) in [5, 5.41) is 0. The van der Waals surface area contributed by atoms with Crippen molar-refractivity contribution in [2.45, 2.75) is 115 Å². The molecule has 0 aromatic rings. The van der Waals surface area contributed by atoms with Gasteiger partial charge in [-0.05, 0) is 95.3 Å². The minimum absolute atomic E-state index is 0.00729.